The zero-order valence-corrected chi connectivity index (χ0v) is 9.13. The van der Waals surface area contributed by atoms with E-state index < -0.39 is 0 Å². The number of pyridine rings is 1. The van der Waals surface area contributed by atoms with Crippen molar-refractivity contribution in [2.45, 2.75) is 6.54 Å². The Kier molecular flexibility index (Phi) is 3.16. The quantitative estimate of drug-likeness (QED) is 0.836. The third kappa shape index (κ3) is 2.38. The fraction of sp³-hybridized carbons (Fsp3) is 0.273. The van der Waals surface area contributed by atoms with Gasteiger partial charge in [0.2, 0.25) is 0 Å². The van der Waals surface area contributed by atoms with Crippen LogP contribution in [-0.2, 0) is 11.3 Å². The first-order chi connectivity index (χ1) is 7.79. The van der Waals surface area contributed by atoms with Gasteiger partial charge in [0, 0.05) is 25.1 Å². The molecule has 0 saturated carbocycles. The van der Waals surface area contributed by atoms with Crippen LogP contribution in [0.5, 0.6) is 0 Å². The molecule has 2 aromatic heterocycles. The molecule has 5 nitrogen and oxygen atoms in total. The molecular formula is C11H14N4O. The summed E-state index contributed by atoms with van der Waals surface area (Å²) in [6.45, 7) is 1.40. The molecule has 2 rings (SSSR count). The minimum Gasteiger partial charge on any atom is -0.384 e. The molecule has 2 N–H and O–H groups in total. The van der Waals surface area contributed by atoms with E-state index in [0.29, 0.717) is 12.4 Å². The number of nitrogens with two attached hydrogens (primary N) is 1. The zero-order valence-electron chi connectivity index (χ0n) is 9.13. The Morgan fingerprint density at radius 3 is 3.06 bits per heavy atom. The lowest BCUT2D eigenvalue weighted by Crippen LogP contribution is -2.03. The number of hydrogen-bond acceptors (Lipinski definition) is 4. The number of nitrogens with zero attached hydrogens (tertiary/aromatic N) is 3. The van der Waals surface area contributed by atoms with Crippen LogP contribution in [-0.4, -0.2) is 28.5 Å². The highest BCUT2D eigenvalue weighted by molar-refractivity contribution is 5.64. The van der Waals surface area contributed by atoms with E-state index in [2.05, 4.69) is 10.1 Å². The van der Waals surface area contributed by atoms with Crippen LogP contribution in [0.1, 0.15) is 0 Å². The third-order valence-corrected chi connectivity index (χ3v) is 2.27. The maximum atomic E-state index is 5.62. The van der Waals surface area contributed by atoms with Gasteiger partial charge in [-0.25, -0.2) is 4.98 Å². The first kappa shape index (κ1) is 10.6. The molecule has 0 unspecified atom stereocenters. The molecule has 2 heterocycles. The van der Waals surface area contributed by atoms with Crippen LogP contribution in [0.2, 0.25) is 0 Å². The lowest BCUT2D eigenvalue weighted by Gasteiger charge is -1.99. The lowest BCUT2D eigenvalue weighted by atomic mass is 10.1. The molecule has 0 atom stereocenters. The van der Waals surface area contributed by atoms with Gasteiger partial charge in [0.25, 0.3) is 0 Å². The minimum atomic E-state index is 0.516. The van der Waals surface area contributed by atoms with E-state index in [9.17, 15) is 0 Å². The topological polar surface area (TPSA) is 66.0 Å². The fourth-order valence-electron chi connectivity index (χ4n) is 1.45. The second-order valence-corrected chi connectivity index (χ2v) is 3.45. The van der Waals surface area contributed by atoms with E-state index in [1.54, 1.807) is 13.3 Å². The molecule has 0 aromatic carbocycles. The molecule has 84 valence electrons. The van der Waals surface area contributed by atoms with E-state index in [1.165, 1.54) is 0 Å². The van der Waals surface area contributed by atoms with E-state index >= 15 is 0 Å². The monoisotopic (exact) mass is 218 g/mol. The van der Waals surface area contributed by atoms with Gasteiger partial charge in [0.1, 0.15) is 5.82 Å². The maximum Gasteiger partial charge on any atom is 0.123 e. The van der Waals surface area contributed by atoms with Gasteiger partial charge in [0.15, 0.2) is 0 Å². The highest BCUT2D eigenvalue weighted by Crippen LogP contribution is 2.19. The van der Waals surface area contributed by atoms with Crippen molar-refractivity contribution in [3.63, 3.8) is 0 Å². The average Bonchev–Trinajstić information content (AvgIpc) is 2.75. The van der Waals surface area contributed by atoms with Crippen molar-refractivity contribution < 1.29 is 4.74 Å². The number of rotatable bonds is 4. The summed E-state index contributed by atoms with van der Waals surface area (Å²) in [5, 5.41) is 4.24. The average molecular weight is 218 g/mol. The molecule has 16 heavy (non-hydrogen) atoms. The van der Waals surface area contributed by atoms with Gasteiger partial charge in [-0.1, -0.05) is 0 Å². The van der Waals surface area contributed by atoms with Gasteiger partial charge in [-0.2, -0.15) is 5.10 Å². The third-order valence-electron chi connectivity index (χ3n) is 2.27. The maximum absolute atomic E-state index is 5.62. The predicted molar refractivity (Wildman–Crippen MR) is 61.7 cm³/mol. The van der Waals surface area contributed by atoms with Gasteiger partial charge < -0.3 is 10.5 Å². The Bertz CT molecular complexity index is 467. The van der Waals surface area contributed by atoms with E-state index in [1.807, 2.05) is 29.2 Å². The summed E-state index contributed by atoms with van der Waals surface area (Å²) in [6, 6.07) is 3.74. The number of hydrogen-bond donors (Lipinski definition) is 1. The number of aromatic nitrogens is 3. The van der Waals surface area contributed by atoms with Crippen LogP contribution in [0, 0.1) is 0 Å². The smallest absolute Gasteiger partial charge is 0.123 e. The Morgan fingerprint density at radius 1 is 1.44 bits per heavy atom. The van der Waals surface area contributed by atoms with Crippen LogP contribution in [0.25, 0.3) is 11.1 Å². The minimum absolute atomic E-state index is 0.516. The second kappa shape index (κ2) is 4.76. The summed E-state index contributed by atoms with van der Waals surface area (Å²) in [5.41, 5.74) is 7.68. The van der Waals surface area contributed by atoms with Gasteiger partial charge in [-0.15, -0.1) is 0 Å². The van der Waals surface area contributed by atoms with E-state index in [-0.39, 0.29) is 0 Å². The Hall–Kier alpha value is -1.88. The fourth-order valence-corrected chi connectivity index (χ4v) is 1.45. The normalized spacial score (nSPS) is 10.6. The van der Waals surface area contributed by atoms with Crippen LogP contribution in [0.15, 0.2) is 30.7 Å². The molecule has 0 saturated heterocycles. The summed E-state index contributed by atoms with van der Waals surface area (Å²) in [6.07, 6.45) is 5.47. The number of anilines is 1. The molecule has 0 fully saturated rings. The first-order valence-electron chi connectivity index (χ1n) is 5.03. The number of ether oxygens (including phenoxy) is 1. The van der Waals surface area contributed by atoms with Crippen LogP contribution in [0.3, 0.4) is 0 Å². The standard InChI is InChI=1S/C11H14N4O/c1-16-5-4-15-8-10(7-14-15)9-2-3-13-11(12)6-9/h2-3,6-8H,4-5H2,1H3,(H2,12,13). The first-order valence-corrected chi connectivity index (χ1v) is 5.03. The summed E-state index contributed by atoms with van der Waals surface area (Å²) in [4.78, 5) is 3.95. The highest BCUT2D eigenvalue weighted by atomic mass is 16.5. The summed E-state index contributed by atoms with van der Waals surface area (Å²) in [5.74, 6) is 0.516. The van der Waals surface area contributed by atoms with Crippen molar-refractivity contribution >= 4 is 5.82 Å². The van der Waals surface area contributed by atoms with Crippen LogP contribution >= 0.6 is 0 Å². The largest absolute Gasteiger partial charge is 0.384 e. The molecule has 5 heteroatoms. The Morgan fingerprint density at radius 2 is 2.31 bits per heavy atom. The molecule has 2 aromatic rings. The van der Waals surface area contributed by atoms with Gasteiger partial charge >= 0.3 is 0 Å². The van der Waals surface area contributed by atoms with Crippen molar-refractivity contribution in [2.75, 3.05) is 19.5 Å². The summed E-state index contributed by atoms with van der Waals surface area (Å²) >= 11 is 0. The van der Waals surface area contributed by atoms with Crippen molar-refractivity contribution in [1.82, 2.24) is 14.8 Å². The lowest BCUT2D eigenvalue weighted by molar-refractivity contribution is 0.183. The Labute approximate surface area is 93.9 Å². The SMILES string of the molecule is COCCn1cc(-c2ccnc(N)c2)cn1. The molecular weight excluding hydrogens is 204 g/mol. The molecule has 0 bridgehead atoms. The van der Waals surface area contributed by atoms with Crippen molar-refractivity contribution in [3.05, 3.63) is 30.7 Å². The van der Waals surface area contributed by atoms with Gasteiger partial charge in [0.05, 0.1) is 19.3 Å². The van der Waals surface area contributed by atoms with Crippen molar-refractivity contribution in [3.8, 4) is 11.1 Å². The van der Waals surface area contributed by atoms with Crippen molar-refractivity contribution in [2.24, 2.45) is 0 Å². The molecule has 0 radical (unpaired) electrons. The van der Waals surface area contributed by atoms with E-state index in [0.717, 1.165) is 17.7 Å². The van der Waals surface area contributed by atoms with Crippen LogP contribution in [0.4, 0.5) is 5.82 Å². The summed E-state index contributed by atoms with van der Waals surface area (Å²) in [7, 11) is 1.67. The second-order valence-electron chi connectivity index (χ2n) is 3.45. The predicted octanol–water partition coefficient (Wildman–Crippen LogP) is 1.17. The molecule has 0 aliphatic rings. The number of nitrogen functional groups attached to an aromatic ring is 1. The Balaban J connectivity index is 2.18. The van der Waals surface area contributed by atoms with Crippen LogP contribution < -0.4 is 5.73 Å². The molecule has 0 aliphatic heterocycles. The molecule has 0 aliphatic carbocycles. The highest BCUT2D eigenvalue weighted by Gasteiger charge is 2.02. The van der Waals surface area contributed by atoms with Crippen molar-refractivity contribution in [1.29, 1.82) is 0 Å². The molecule has 0 spiro atoms. The number of methoxy groups -OCH3 is 1. The van der Waals surface area contributed by atoms with Gasteiger partial charge in [-0.3, -0.25) is 4.68 Å². The summed E-state index contributed by atoms with van der Waals surface area (Å²) < 4.78 is 6.83. The van der Waals surface area contributed by atoms with Gasteiger partial charge in [-0.05, 0) is 17.7 Å². The molecule has 0 amide bonds. The zero-order chi connectivity index (χ0) is 11.4. The van der Waals surface area contributed by atoms with E-state index in [4.69, 9.17) is 10.5 Å².